The van der Waals surface area contributed by atoms with E-state index in [0.29, 0.717) is 12.8 Å². The van der Waals surface area contributed by atoms with Crippen molar-refractivity contribution in [3.05, 3.63) is 66.0 Å². The minimum atomic E-state index is -1.07. The molecule has 1 unspecified atom stereocenters. The minimum Gasteiger partial charge on any atom is -0.322 e. The first-order valence-electron chi connectivity index (χ1n) is 7.92. The molecule has 1 fully saturated rings. The molecule has 2 heterocycles. The van der Waals surface area contributed by atoms with Gasteiger partial charge in [0.15, 0.2) is 0 Å². The third kappa shape index (κ3) is 3.50. The van der Waals surface area contributed by atoms with E-state index in [2.05, 4.69) is 15.7 Å². The van der Waals surface area contributed by atoms with Crippen LogP contribution in [0.25, 0.3) is 0 Å². The fraction of sp³-hybridized carbons (Fsp3) is 0.222. The molecule has 1 aliphatic heterocycles. The first-order valence-corrected chi connectivity index (χ1v) is 7.92. The van der Waals surface area contributed by atoms with Crippen molar-refractivity contribution in [2.75, 3.05) is 0 Å². The molecule has 0 bridgehead atoms. The number of pyridine rings is 1. The van der Waals surface area contributed by atoms with Gasteiger partial charge in [0.25, 0.3) is 11.8 Å². The van der Waals surface area contributed by atoms with E-state index in [4.69, 9.17) is 0 Å². The van der Waals surface area contributed by atoms with Gasteiger partial charge in [-0.2, -0.15) is 5.01 Å². The molecule has 1 aliphatic rings. The van der Waals surface area contributed by atoms with Crippen LogP contribution in [-0.4, -0.2) is 33.4 Å². The van der Waals surface area contributed by atoms with Crippen LogP contribution in [-0.2, 0) is 11.2 Å². The molecular weight excluding hydrogens is 320 g/mol. The highest BCUT2D eigenvalue weighted by Gasteiger charge is 2.48. The van der Waals surface area contributed by atoms with E-state index in [1.165, 1.54) is 12.3 Å². The number of nitrogens with zero attached hydrogens (tertiary/aromatic N) is 2. The van der Waals surface area contributed by atoms with Gasteiger partial charge < -0.3 is 5.32 Å². The van der Waals surface area contributed by atoms with Crippen molar-refractivity contribution >= 4 is 17.8 Å². The van der Waals surface area contributed by atoms with E-state index in [-0.39, 0.29) is 5.69 Å². The molecule has 7 nitrogen and oxygen atoms in total. The Labute approximate surface area is 145 Å². The van der Waals surface area contributed by atoms with Crippen LogP contribution in [0.15, 0.2) is 54.7 Å². The molecule has 7 heteroatoms. The predicted molar refractivity (Wildman–Crippen MR) is 90.2 cm³/mol. The number of benzene rings is 1. The SMILES string of the molecule is CC1(CCc2ccccc2)NC(=O)N(NC(=O)c2ccccn2)C1=O. The maximum Gasteiger partial charge on any atom is 0.344 e. The minimum absolute atomic E-state index is 0.126. The van der Waals surface area contributed by atoms with Gasteiger partial charge in [-0.1, -0.05) is 36.4 Å². The Hall–Kier alpha value is -3.22. The Morgan fingerprint density at radius 2 is 1.88 bits per heavy atom. The molecular formula is C18H18N4O3. The highest BCUT2D eigenvalue weighted by atomic mass is 16.2. The number of urea groups is 1. The second-order valence-electron chi connectivity index (χ2n) is 6.04. The number of hydrazine groups is 1. The molecule has 4 amide bonds. The quantitative estimate of drug-likeness (QED) is 0.811. The highest BCUT2D eigenvalue weighted by Crippen LogP contribution is 2.22. The van der Waals surface area contributed by atoms with Crippen LogP contribution in [0.5, 0.6) is 0 Å². The van der Waals surface area contributed by atoms with E-state index in [1.54, 1.807) is 19.1 Å². The van der Waals surface area contributed by atoms with Crippen molar-refractivity contribution in [2.45, 2.75) is 25.3 Å². The van der Waals surface area contributed by atoms with E-state index in [0.717, 1.165) is 10.6 Å². The molecule has 0 spiro atoms. The van der Waals surface area contributed by atoms with Gasteiger partial charge in [0.2, 0.25) is 0 Å². The second kappa shape index (κ2) is 6.72. The van der Waals surface area contributed by atoms with Crippen molar-refractivity contribution in [1.29, 1.82) is 0 Å². The first kappa shape index (κ1) is 16.6. The van der Waals surface area contributed by atoms with Crippen molar-refractivity contribution in [3.63, 3.8) is 0 Å². The number of carbonyl (C=O) groups excluding carboxylic acids is 3. The molecule has 3 rings (SSSR count). The third-order valence-electron chi connectivity index (χ3n) is 4.13. The number of hydrogen-bond donors (Lipinski definition) is 2. The Balaban J connectivity index is 1.68. The smallest absolute Gasteiger partial charge is 0.322 e. The van der Waals surface area contributed by atoms with Gasteiger partial charge in [-0.3, -0.25) is 20.0 Å². The number of carbonyl (C=O) groups is 3. The molecule has 2 aromatic rings. The zero-order chi connectivity index (χ0) is 17.9. The summed E-state index contributed by atoms with van der Waals surface area (Å²) in [6.07, 6.45) is 2.52. The van der Waals surface area contributed by atoms with Crippen LogP contribution < -0.4 is 10.7 Å². The topological polar surface area (TPSA) is 91.4 Å². The monoisotopic (exact) mass is 338 g/mol. The summed E-state index contributed by atoms with van der Waals surface area (Å²) in [4.78, 5) is 40.8. The van der Waals surface area contributed by atoms with Crippen LogP contribution in [0, 0.1) is 0 Å². The third-order valence-corrected chi connectivity index (χ3v) is 4.13. The largest absolute Gasteiger partial charge is 0.344 e. The Morgan fingerprint density at radius 1 is 1.16 bits per heavy atom. The average Bonchev–Trinajstić information content (AvgIpc) is 2.85. The van der Waals surface area contributed by atoms with E-state index < -0.39 is 23.4 Å². The van der Waals surface area contributed by atoms with E-state index in [9.17, 15) is 14.4 Å². The molecule has 1 aromatic carbocycles. The molecule has 2 N–H and O–H groups in total. The number of amides is 4. The predicted octanol–water partition coefficient (Wildman–Crippen LogP) is 1.67. The van der Waals surface area contributed by atoms with Crippen LogP contribution in [0.3, 0.4) is 0 Å². The van der Waals surface area contributed by atoms with Gasteiger partial charge in [-0.05, 0) is 37.5 Å². The Bertz CT molecular complexity index is 794. The summed E-state index contributed by atoms with van der Waals surface area (Å²) in [5.74, 6) is -1.10. The average molecular weight is 338 g/mol. The maximum atomic E-state index is 12.6. The highest BCUT2D eigenvalue weighted by molar-refractivity contribution is 6.08. The normalized spacial score (nSPS) is 19.6. The summed E-state index contributed by atoms with van der Waals surface area (Å²) in [5, 5.41) is 3.38. The summed E-state index contributed by atoms with van der Waals surface area (Å²) >= 11 is 0. The molecule has 1 atom stereocenters. The van der Waals surface area contributed by atoms with E-state index in [1.807, 2.05) is 30.3 Å². The lowest BCUT2D eigenvalue weighted by Crippen LogP contribution is -2.49. The van der Waals surface area contributed by atoms with Crippen LogP contribution >= 0.6 is 0 Å². The summed E-state index contributed by atoms with van der Waals surface area (Å²) in [7, 11) is 0. The van der Waals surface area contributed by atoms with Crippen LogP contribution in [0.4, 0.5) is 4.79 Å². The molecule has 0 radical (unpaired) electrons. The first-order chi connectivity index (χ1) is 12.0. The molecule has 0 saturated carbocycles. The fourth-order valence-corrected chi connectivity index (χ4v) is 2.65. The van der Waals surface area contributed by atoms with Gasteiger partial charge in [0, 0.05) is 6.20 Å². The fourth-order valence-electron chi connectivity index (χ4n) is 2.65. The molecule has 25 heavy (non-hydrogen) atoms. The summed E-state index contributed by atoms with van der Waals surface area (Å²) in [5.41, 5.74) is 2.45. The standard InChI is InChI=1S/C18H18N4O3/c1-18(11-10-13-7-3-2-4-8-13)16(24)22(17(25)20-18)21-15(23)14-9-5-6-12-19-14/h2-9,12H,10-11H2,1H3,(H,20,25)(H,21,23). The summed E-state index contributed by atoms with van der Waals surface area (Å²) in [6.45, 7) is 1.66. The van der Waals surface area contributed by atoms with Gasteiger partial charge in [0.05, 0.1) is 0 Å². The maximum absolute atomic E-state index is 12.6. The van der Waals surface area contributed by atoms with Crippen LogP contribution in [0.1, 0.15) is 29.4 Å². The second-order valence-corrected chi connectivity index (χ2v) is 6.04. The molecule has 128 valence electrons. The van der Waals surface area contributed by atoms with Crippen molar-refractivity contribution in [3.8, 4) is 0 Å². The lowest BCUT2D eigenvalue weighted by Gasteiger charge is -2.21. The molecule has 1 aromatic heterocycles. The number of hydrogen-bond acceptors (Lipinski definition) is 4. The summed E-state index contributed by atoms with van der Waals surface area (Å²) in [6, 6.07) is 13.9. The zero-order valence-electron chi connectivity index (χ0n) is 13.7. The number of nitrogens with one attached hydrogen (secondary N) is 2. The lowest BCUT2D eigenvalue weighted by molar-refractivity contribution is -0.132. The lowest BCUT2D eigenvalue weighted by atomic mass is 9.93. The Kier molecular flexibility index (Phi) is 4.47. The van der Waals surface area contributed by atoms with Gasteiger partial charge in [0.1, 0.15) is 11.2 Å². The summed E-state index contributed by atoms with van der Waals surface area (Å²) < 4.78 is 0. The number of imide groups is 1. The molecule has 0 aliphatic carbocycles. The zero-order valence-corrected chi connectivity index (χ0v) is 13.7. The van der Waals surface area contributed by atoms with E-state index >= 15 is 0 Å². The van der Waals surface area contributed by atoms with Crippen molar-refractivity contribution in [2.24, 2.45) is 0 Å². The van der Waals surface area contributed by atoms with Gasteiger partial charge in [-0.25, -0.2) is 4.79 Å². The number of aryl methyl sites for hydroxylation is 1. The number of aromatic nitrogens is 1. The van der Waals surface area contributed by atoms with Crippen LogP contribution in [0.2, 0.25) is 0 Å². The van der Waals surface area contributed by atoms with Crippen molar-refractivity contribution in [1.82, 2.24) is 20.7 Å². The van der Waals surface area contributed by atoms with Gasteiger partial charge in [-0.15, -0.1) is 0 Å². The van der Waals surface area contributed by atoms with Gasteiger partial charge >= 0.3 is 6.03 Å². The Morgan fingerprint density at radius 3 is 2.56 bits per heavy atom. The number of rotatable bonds is 5. The van der Waals surface area contributed by atoms with Crippen molar-refractivity contribution < 1.29 is 14.4 Å². The molecule has 1 saturated heterocycles.